The normalized spacial score (nSPS) is 24.5. The first-order valence-electron chi connectivity index (χ1n) is 6.83. The molecule has 1 saturated carbocycles. The Morgan fingerprint density at radius 3 is 2.42 bits per heavy atom. The molecule has 1 atom stereocenters. The fourth-order valence-electron chi connectivity index (χ4n) is 3.19. The molecule has 104 valence electrons. The summed E-state index contributed by atoms with van der Waals surface area (Å²) in [6.07, 6.45) is 4.07. The van der Waals surface area contributed by atoms with Gasteiger partial charge in [0.05, 0.1) is 5.41 Å². The van der Waals surface area contributed by atoms with E-state index in [0.29, 0.717) is 5.91 Å². The summed E-state index contributed by atoms with van der Waals surface area (Å²) in [5.41, 5.74) is 6.85. The molecule has 2 N–H and O–H groups in total. The molecule has 1 amide bonds. The van der Waals surface area contributed by atoms with Crippen LogP contribution < -0.4 is 5.73 Å². The van der Waals surface area contributed by atoms with Gasteiger partial charge < -0.3 is 10.6 Å². The van der Waals surface area contributed by atoms with E-state index in [-0.39, 0.29) is 23.9 Å². The van der Waals surface area contributed by atoms with Gasteiger partial charge in [-0.15, -0.1) is 12.4 Å². The zero-order valence-corrected chi connectivity index (χ0v) is 11.9. The highest BCUT2D eigenvalue weighted by Gasteiger charge is 2.48. The molecule has 0 spiro atoms. The highest BCUT2D eigenvalue weighted by atomic mass is 35.5. The van der Waals surface area contributed by atoms with Gasteiger partial charge in [-0.1, -0.05) is 36.8 Å². The van der Waals surface area contributed by atoms with Gasteiger partial charge in [-0.2, -0.15) is 0 Å². The third kappa shape index (κ3) is 2.37. The molecule has 1 heterocycles. The van der Waals surface area contributed by atoms with Crippen LogP contribution in [0.4, 0.5) is 0 Å². The SMILES string of the molecule is Cl.N[C@@H]1CCN(C(=O)C2(c3ccccc3)CCC2)C1. The topological polar surface area (TPSA) is 46.3 Å². The van der Waals surface area contributed by atoms with E-state index in [0.717, 1.165) is 38.8 Å². The van der Waals surface area contributed by atoms with Gasteiger partial charge in [0, 0.05) is 19.1 Å². The predicted molar refractivity (Wildman–Crippen MR) is 78.4 cm³/mol. The molecule has 1 saturated heterocycles. The molecule has 4 heteroatoms. The Bertz CT molecular complexity index is 445. The van der Waals surface area contributed by atoms with Crippen molar-refractivity contribution in [2.75, 3.05) is 13.1 Å². The Balaban J connectivity index is 0.00000133. The van der Waals surface area contributed by atoms with Gasteiger partial charge in [-0.25, -0.2) is 0 Å². The number of hydrogen-bond donors (Lipinski definition) is 1. The first kappa shape index (κ1) is 14.4. The minimum atomic E-state index is -0.245. The monoisotopic (exact) mass is 280 g/mol. The maximum atomic E-state index is 12.8. The van der Waals surface area contributed by atoms with Crippen molar-refractivity contribution in [1.82, 2.24) is 4.90 Å². The second-order valence-electron chi connectivity index (χ2n) is 5.60. The minimum Gasteiger partial charge on any atom is -0.340 e. The Hall–Kier alpha value is -1.06. The number of amides is 1. The predicted octanol–water partition coefficient (Wildman–Crippen LogP) is 2.09. The molecule has 1 aliphatic carbocycles. The molecule has 19 heavy (non-hydrogen) atoms. The number of nitrogens with two attached hydrogens (primary N) is 1. The number of rotatable bonds is 2. The zero-order chi connectivity index (χ0) is 12.6. The molecule has 0 aromatic heterocycles. The highest BCUT2D eigenvalue weighted by molar-refractivity contribution is 5.89. The minimum absolute atomic E-state index is 0. The van der Waals surface area contributed by atoms with E-state index >= 15 is 0 Å². The number of halogens is 1. The molecule has 1 aliphatic heterocycles. The fraction of sp³-hybridized carbons (Fsp3) is 0.533. The maximum absolute atomic E-state index is 12.8. The van der Waals surface area contributed by atoms with E-state index in [1.54, 1.807) is 0 Å². The van der Waals surface area contributed by atoms with Crippen LogP contribution in [0.15, 0.2) is 30.3 Å². The molecule has 2 aliphatic rings. The molecule has 1 aromatic rings. The van der Waals surface area contributed by atoms with Crippen LogP contribution in [0.3, 0.4) is 0 Å². The molecule has 1 aromatic carbocycles. The first-order chi connectivity index (χ1) is 8.72. The lowest BCUT2D eigenvalue weighted by molar-refractivity contribution is -0.139. The van der Waals surface area contributed by atoms with Gasteiger partial charge in [0.25, 0.3) is 0 Å². The third-order valence-corrected chi connectivity index (χ3v) is 4.45. The molecular weight excluding hydrogens is 260 g/mol. The van der Waals surface area contributed by atoms with Crippen molar-refractivity contribution >= 4 is 18.3 Å². The summed E-state index contributed by atoms with van der Waals surface area (Å²) in [7, 11) is 0. The Labute approximate surface area is 120 Å². The average Bonchev–Trinajstić information content (AvgIpc) is 2.76. The Morgan fingerprint density at radius 1 is 1.26 bits per heavy atom. The second kappa shape index (κ2) is 5.51. The highest BCUT2D eigenvalue weighted by Crippen LogP contribution is 2.45. The van der Waals surface area contributed by atoms with Crippen LogP contribution in [0.2, 0.25) is 0 Å². The van der Waals surface area contributed by atoms with E-state index in [2.05, 4.69) is 12.1 Å². The van der Waals surface area contributed by atoms with Crippen LogP contribution in [0.1, 0.15) is 31.2 Å². The van der Waals surface area contributed by atoms with Crippen LogP contribution in [-0.2, 0) is 10.2 Å². The quantitative estimate of drug-likeness (QED) is 0.902. The van der Waals surface area contributed by atoms with Gasteiger partial charge in [0.1, 0.15) is 0 Å². The van der Waals surface area contributed by atoms with Crippen LogP contribution >= 0.6 is 12.4 Å². The first-order valence-corrected chi connectivity index (χ1v) is 6.83. The van der Waals surface area contributed by atoms with Gasteiger partial charge in [0.2, 0.25) is 5.91 Å². The van der Waals surface area contributed by atoms with Crippen molar-refractivity contribution < 1.29 is 4.79 Å². The summed E-state index contributed by atoms with van der Waals surface area (Å²) in [6.45, 7) is 1.56. The molecule has 0 unspecified atom stereocenters. The van der Waals surface area contributed by atoms with Gasteiger partial charge >= 0.3 is 0 Å². The lowest BCUT2D eigenvalue weighted by atomic mass is 9.63. The number of nitrogens with zero attached hydrogens (tertiary/aromatic N) is 1. The lowest BCUT2D eigenvalue weighted by Gasteiger charge is -2.43. The van der Waals surface area contributed by atoms with E-state index in [1.165, 1.54) is 5.56 Å². The third-order valence-electron chi connectivity index (χ3n) is 4.45. The molecule has 3 rings (SSSR count). The fourth-order valence-corrected chi connectivity index (χ4v) is 3.19. The maximum Gasteiger partial charge on any atom is 0.233 e. The summed E-state index contributed by atoms with van der Waals surface area (Å²) in [6, 6.07) is 10.4. The van der Waals surface area contributed by atoms with Gasteiger partial charge in [0.15, 0.2) is 0 Å². The second-order valence-corrected chi connectivity index (χ2v) is 5.60. The van der Waals surface area contributed by atoms with Crippen molar-refractivity contribution in [2.24, 2.45) is 5.73 Å². The Kier molecular flexibility index (Phi) is 4.16. The van der Waals surface area contributed by atoms with Crippen LogP contribution in [0.25, 0.3) is 0 Å². The average molecular weight is 281 g/mol. The van der Waals surface area contributed by atoms with E-state index in [1.807, 2.05) is 23.1 Å². The largest absolute Gasteiger partial charge is 0.340 e. The summed E-state index contributed by atoms with van der Waals surface area (Å²) in [4.78, 5) is 14.7. The number of benzene rings is 1. The van der Waals surface area contributed by atoms with Crippen molar-refractivity contribution in [1.29, 1.82) is 0 Å². The molecular formula is C15H21ClN2O. The van der Waals surface area contributed by atoms with Crippen LogP contribution in [0.5, 0.6) is 0 Å². The van der Waals surface area contributed by atoms with Crippen LogP contribution in [-0.4, -0.2) is 29.9 Å². The number of carbonyl (C=O) groups excluding carboxylic acids is 1. The van der Waals surface area contributed by atoms with Crippen molar-refractivity contribution in [3.05, 3.63) is 35.9 Å². The summed E-state index contributed by atoms with van der Waals surface area (Å²) >= 11 is 0. The van der Waals surface area contributed by atoms with Gasteiger partial charge in [-0.3, -0.25) is 4.79 Å². The number of likely N-dealkylation sites (tertiary alicyclic amines) is 1. The summed E-state index contributed by atoms with van der Waals surface area (Å²) in [5.74, 6) is 0.299. The number of hydrogen-bond acceptors (Lipinski definition) is 2. The molecule has 2 fully saturated rings. The van der Waals surface area contributed by atoms with E-state index in [4.69, 9.17) is 5.73 Å². The zero-order valence-electron chi connectivity index (χ0n) is 11.0. The standard InChI is InChI=1S/C15H20N2O.ClH/c16-13-7-10-17(11-13)14(18)15(8-4-9-15)12-5-2-1-3-6-12;/h1-3,5-6,13H,4,7-11,16H2;1H/t13-;/m1./s1. The lowest BCUT2D eigenvalue weighted by Crippen LogP contribution is -2.50. The molecule has 3 nitrogen and oxygen atoms in total. The van der Waals surface area contributed by atoms with Crippen molar-refractivity contribution in [3.63, 3.8) is 0 Å². The summed E-state index contributed by atoms with van der Waals surface area (Å²) in [5, 5.41) is 0. The van der Waals surface area contributed by atoms with E-state index < -0.39 is 0 Å². The van der Waals surface area contributed by atoms with Crippen molar-refractivity contribution in [2.45, 2.75) is 37.1 Å². The molecule has 0 radical (unpaired) electrons. The molecule has 0 bridgehead atoms. The van der Waals surface area contributed by atoms with Crippen LogP contribution in [0, 0.1) is 0 Å². The number of carbonyl (C=O) groups is 1. The summed E-state index contributed by atoms with van der Waals surface area (Å²) < 4.78 is 0. The van der Waals surface area contributed by atoms with Gasteiger partial charge in [-0.05, 0) is 24.8 Å². The Morgan fingerprint density at radius 2 is 1.95 bits per heavy atom. The van der Waals surface area contributed by atoms with E-state index in [9.17, 15) is 4.79 Å². The smallest absolute Gasteiger partial charge is 0.233 e. The van der Waals surface area contributed by atoms with Crippen molar-refractivity contribution in [3.8, 4) is 0 Å².